The third kappa shape index (κ3) is 2.06. The number of carbonyl (C=O) groups is 1. The summed E-state index contributed by atoms with van der Waals surface area (Å²) < 4.78 is 1.79. The van der Waals surface area contributed by atoms with Crippen LogP contribution in [0, 0.1) is 6.92 Å². The van der Waals surface area contributed by atoms with Gasteiger partial charge in [0.05, 0.1) is 5.88 Å². The van der Waals surface area contributed by atoms with Crippen molar-refractivity contribution in [2.45, 2.75) is 25.8 Å². The first kappa shape index (κ1) is 12.8. The van der Waals surface area contributed by atoms with Crippen LogP contribution in [0.2, 0.25) is 0 Å². The second kappa shape index (κ2) is 4.94. The van der Waals surface area contributed by atoms with Gasteiger partial charge >= 0.3 is 0 Å². The van der Waals surface area contributed by atoms with E-state index in [-0.39, 0.29) is 17.8 Å². The highest BCUT2D eigenvalue weighted by Gasteiger charge is 2.21. The first-order chi connectivity index (χ1) is 8.58. The Bertz CT molecular complexity index is 593. The molecule has 1 amide bonds. The van der Waals surface area contributed by atoms with Gasteiger partial charge in [0.1, 0.15) is 17.4 Å². The molecule has 0 aliphatic heterocycles. The number of hydrogen-bond acceptors (Lipinski definition) is 3. The second-order valence-corrected chi connectivity index (χ2v) is 4.38. The standard InChI is InChI=1S/C12H15ClN4O/c1-7-4-5-9-11(15-7)17(10(6-13)16-9)8(2)12(18)14-3/h4-5,8H,6H2,1-3H3,(H,14,18). The molecule has 2 aromatic rings. The summed E-state index contributed by atoms with van der Waals surface area (Å²) in [5.74, 6) is 0.807. The van der Waals surface area contributed by atoms with Crippen LogP contribution in [-0.2, 0) is 10.7 Å². The largest absolute Gasteiger partial charge is 0.357 e. The summed E-state index contributed by atoms with van der Waals surface area (Å²) in [5, 5.41) is 2.63. The number of pyridine rings is 1. The number of nitrogens with zero attached hydrogens (tertiary/aromatic N) is 3. The summed E-state index contributed by atoms with van der Waals surface area (Å²) in [7, 11) is 1.61. The normalized spacial score (nSPS) is 12.7. The first-order valence-corrected chi connectivity index (χ1v) is 6.24. The SMILES string of the molecule is CNC(=O)C(C)n1c(CCl)nc2ccc(C)nc21. The molecule has 0 spiro atoms. The van der Waals surface area contributed by atoms with E-state index in [2.05, 4.69) is 15.3 Å². The van der Waals surface area contributed by atoms with Crippen LogP contribution in [0.15, 0.2) is 12.1 Å². The van der Waals surface area contributed by atoms with Crippen LogP contribution >= 0.6 is 11.6 Å². The lowest BCUT2D eigenvalue weighted by Gasteiger charge is -2.14. The number of halogens is 1. The lowest BCUT2D eigenvalue weighted by molar-refractivity contribution is -0.123. The van der Waals surface area contributed by atoms with E-state index in [9.17, 15) is 4.79 Å². The van der Waals surface area contributed by atoms with E-state index >= 15 is 0 Å². The molecule has 2 rings (SSSR count). The van der Waals surface area contributed by atoms with Crippen LogP contribution in [0.5, 0.6) is 0 Å². The zero-order chi connectivity index (χ0) is 13.3. The molecule has 0 fully saturated rings. The highest BCUT2D eigenvalue weighted by atomic mass is 35.5. The van der Waals surface area contributed by atoms with Crippen LogP contribution in [0.25, 0.3) is 11.2 Å². The highest BCUT2D eigenvalue weighted by Crippen LogP contribution is 2.21. The minimum atomic E-state index is -0.386. The number of imidazole rings is 1. The number of aromatic nitrogens is 3. The van der Waals surface area contributed by atoms with Gasteiger partial charge in [-0.15, -0.1) is 11.6 Å². The first-order valence-electron chi connectivity index (χ1n) is 5.70. The minimum absolute atomic E-state index is 0.0935. The van der Waals surface area contributed by atoms with E-state index in [0.29, 0.717) is 11.5 Å². The Hall–Kier alpha value is -1.62. The monoisotopic (exact) mass is 266 g/mol. The molecule has 18 heavy (non-hydrogen) atoms. The minimum Gasteiger partial charge on any atom is -0.357 e. The van der Waals surface area contributed by atoms with Gasteiger partial charge in [-0.1, -0.05) is 0 Å². The molecule has 0 radical (unpaired) electrons. The van der Waals surface area contributed by atoms with Crippen LogP contribution in [0.4, 0.5) is 0 Å². The number of fused-ring (bicyclic) bond motifs is 1. The molecule has 0 saturated carbocycles. The molecule has 5 nitrogen and oxygen atoms in total. The summed E-state index contributed by atoms with van der Waals surface area (Å²) in [6.07, 6.45) is 0. The smallest absolute Gasteiger partial charge is 0.242 e. The maximum absolute atomic E-state index is 11.8. The summed E-state index contributed by atoms with van der Waals surface area (Å²) in [5.41, 5.74) is 2.34. The summed E-state index contributed by atoms with van der Waals surface area (Å²) in [6, 6.07) is 3.39. The van der Waals surface area contributed by atoms with Gasteiger partial charge in [-0.25, -0.2) is 9.97 Å². The molecular formula is C12H15ClN4O. The van der Waals surface area contributed by atoms with Crippen molar-refractivity contribution in [1.82, 2.24) is 19.9 Å². The van der Waals surface area contributed by atoms with Gasteiger partial charge in [0.2, 0.25) is 5.91 Å². The number of amides is 1. The summed E-state index contributed by atoms with van der Waals surface area (Å²) in [4.78, 5) is 20.6. The maximum atomic E-state index is 11.8. The Kier molecular flexibility index (Phi) is 3.52. The van der Waals surface area contributed by atoms with Gasteiger partial charge in [0.25, 0.3) is 0 Å². The molecule has 6 heteroatoms. The Labute approximate surface area is 110 Å². The van der Waals surface area contributed by atoms with Crippen LogP contribution < -0.4 is 5.32 Å². The third-order valence-electron chi connectivity index (χ3n) is 2.88. The number of nitrogens with one attached hydrogen (secondary N) is 1. The van der Waals surface area contributed by atoms with Gasteiger partial charge in [-0.05, 0) is 26.0 Å². The van der Waals surface area contributed by atoms with Crippen molar-refractivity contribution in [3.63, 3.8) is 0 Å². The number of hydrogen-bond donors (Lipinski definition) is 1. The van der Waals surface area contributed by atoms with Crippen molar-refractivity contribution in [3.8, 4) is 0 Å². The molecule has 1 N–H and O–H groups in total. The maximum Gasteiger partial charge on any atom is 0.242 e. The molecule has 2 aromatic heterocycles. The number of carbonyl (C=O) groups excluding carboxylic acids is 1. The quantitative estimate of drug-likeness (QED) is 0.862. The second-order valence-electron chi connectivity index (χ2n) is 4.12. The molecule has 0 aliphatic rings. The molecule has 1 unspecified atom stereocenters. The number of rotatable bonds is 3. The number of likely N-dealkylation sites (N-methyl/N-ethyl adjacent to an activating group) is 1. The van der Waals surface area contributed by atoms with Gasteiger partial charge in [0, 0.05) is 12.7 Å². The Morgan fingerprint density at radius 3 is 2.83 bits per heavy atom. The summed E-state index contributed by atoms with van der Waals surface area (Å²) >= 11 is 5.89. The number of alkyl halides is 1. The molecule has 0 bridgehead atoms. The lowest BCUT2D eigenvalue weighted by Crippen LogP contribution is -2.28. The average molecular weight is 267 g/mol. The van der Waals surface area contributed by atoms with Crippen molar-refractivity contribution in [3.05, 3.63) is 23.7 Å². The van der Waals surface area contributed by atoms with Gasteiger partial charge in [-0.2, -0.15) is 0 Å². The molecular weight excluding hydrogens is 252 g/mol. The fourth-order valence-electron chi connectivity index (χ4n) is 1.94. The van der Waals surface area contributed by atoms with E-state index in [1.165, 1.54) is 0 Å². The van der Waals surface area contributed by atoms with Crippen molar-refractivity contribution in [2.24, 2.45) is 0 Å². The highest BCUT2D eigenvalue weighted by molar-refractivity contribution is 6.16. The van der Waals surface area contributed by atoms with Crippen molar-refractivity contribution >= 4 is 28.7 Å². The lowest BCUT2D eigenvalue weighted by atomic mass is 10.3. The van der Waals surface area contributed by atoms with E-state index in [4.69, 9.17) is 11.6 Å². The Balaban J connectivity index is 2.65. The predicted octanol–water partition coefficient (Wildman–Crippen LogP) is 1.79. The zero-order valence-electron chi connectivity index (χ0n) is 10.6. The van der Waals surface area contributed by atoms with Crippen LogP contribution in [0.1, 0.15) is 24.5 Å². The van der Waals surface area contributed by atoms with E-state index in [1.54, 1.807) is 18.5 Å². The fraction of sp³-hybridized carbons (Fsp3) is 0.417. The average Bonchev–Trinajstić information content (AvgIpc) is 2.74. The Morgan fingerprint density at radius 1 is 1.50 bits per heavy atom. The third-order valence-corrected chi connectivity index (χ3v) is 3.12. The van der Waals surface area contributed by atoms with Crippen LogP contribution in [0.3, 0.4) is 0 Å². The molecule has 0 saturated heterocycles. The zero-order valence-corrected chi connectivity index (χ0v) is 11.3. The summed E-state index contributed by atoms with van der Waals surface area (Å²) in [6.45, 7) is 3.71. The Morgan fingerprint density at radius 2 is 2.22 bits per heavy atom. The van der Waals surface area contributed by atoms with E-state index in [0.717, 1.165) is 11.2 Å². The van der Waals surface area contributed by atoms with Crippen molar-refractivity contribution < 1.29 is 4.79 Å². The van der Waals surface area contributed by atoms with Crippen molar-refractivity contribution in [1.29, 1.82) is 0 Å². The molecule has 0 aliphatic carbocycles. The molecule has 2 heterocycles. The molecule has 96 valence electrons. The fourth-order valence-corrected chi connectivity index (χ4v) is 2.13. The number of aryl methyl sites for hydroxylation is 1. The van der Waals surface area contributed by atoms with Gasteiger partial charge < -0.3 is 5.32 Å². The topological polar surface area (TPSA) is 59.8 Å². The molecule has 0 aromatic carbocycles. The van der Waals surface area contributed by atoms with Gasteiger partial charge in [0.15, 0.2) is 5.65 Å². The molecule has 1 atom stereocenters. The predicted molar refractivity (Wildman–Crippen MR) is 70.6 cm³/mol. The van der Waals surface area contributed by atoms with Gasteiger partial charge in [-0.3, -0.25) is 9.36 Å². The van der Waals surface area contributed by atoms with E-state index in [1.807, 2.05) is 19.1 Å². The van der Waals surface area contributed by atoms with E-state index < -0.39 is 0 Å². The van der Waals surface area contributed by atoms with Crippen molar-refractivity contribution in [2.75, 3.05) is 7.05 Å². The van der Waals surface area contributed by atoms with Crippen LogP contribution in [-0.4, -0.2) is 27.5 Å².